The minimum absolute atomic E-state index is 0.0251. The lowest BCUT2D eigenvalue weighted by Crippen LogP contribution is -2.10. The first-order valence-corrected chi connectivity index (χ1v) is 12.2. The van der Waals surface area contributed by atoms with E-state index >= 15 is 0 Å². The summed E-state index contributed by atoms with van der Waals surface area (Å²) in [7, 11) is 0. The predicted molar refractivity (Wildman–Crippen MR) is 124 cm³/mol. The highest BCUT2D eigenvalue weighted by molar-refractivity contribution is 5.87. The van der Waals surface area contributed by atoms with Crippen molar-refractivity contribution in [3.8, 4) is 0 Å². The van der Waals surface area contributed by atoms with E-state index in [2.05, 4.69) is 27.7 Å². The van der Waals surface area contributed by atoms with Gasteiger partial charge < -0.3 is 4.74 Å². The molecule has 166 valence electrons. The van der Waals surface area contributed by atoms with Gasteiger partial charge in [0.15, 0.2) is 0 Å². The lowest BCUT2D eigenvalue weighted by Gasteiger charge is -2.13. The quantitative estimate of drug-likeness (QED) is 0.132. The van der Waals surface area contributed by atoms with Crippen LogP contribution in [0.2, 0.25) is 0 Å². The van der Waals surface area contributed by atoms with E-state index in [1.807, 2.05) is 13.0 Å². The van der Waals surface area contributed by atoms with E-state index in [9.17, 15) is 4.79 Å². The van der Waals surface area contributed by atoms with Gasteiger partial charge in [0.05, 0.1) is 6.61 Å². The standard InChI is InChI=1S/C26H50O2/c1-6-7-8-9-10-11-12-13-14-15-16-17-18-19-20-21-22-28-25(27)24(2)23-26(3,4)5/h23H,6-22H2,1-5H3/b24-23+. The van der Waals surface area contributed by atoms with Crippen LogP contribution in [-0.2, 0) is 9.53 Å². The molecule has 0 amide bonds. The molecule has 2 heteroatoms. The van der Waals surface area contributed by atoms with E-state index in [1.165, 1.54) is 96.3 Å². The number of carbonyl (C=O) groups excluding carboxylic acids is 1. The number of unbranched alkanes of at least 4 members (excludes halogenated alkanes) is 15. The van der Waals surface area contributed by atoms with Gasteiger partial charge >= 0.3 is 5.97 Å². The second-order valence-corrected chi connectivity index (χ2v) is 9.63. The SMILES string of the molecule is CCCCCCCCCCCCCCCCCCOC(=O)/C(C)=C/C(C)(C)C. The van der Waals surface area contributed by atoms with E-state index in [0.29, 0.717) is 6.61 Å². The van der Waals surface area contributed by atoms with Gasteiger partial charge in [-0.15, -0.1) is 0 Å². The molecule has 0 aliphatic heterocycles. The normalized spacial score (nSPS) is 12.4. The van der Waals surface area contributed by atoms with Crippen molar-refractivity contribution in [2.75, 3.05) is 6.61 Å². The minimum Gasteiger partial charge on any atom is -0.462 e. The second kappa shape index (κ2) is 18.3. The van der Waals surface area contributed by atoms with Crippen LogP contribution in [0, 0.1) is 5.41 Å². The Bertz CT molecular complexity index is 390. The molecule has 0 heterocycles. The smallest absolute Gasteiger partial charge is 0.333 e. The molecule has 0 unspecified atom stereocenters. The lowest BCUT2D eigenvalue weighted by molar-refractivity contribution is -0.139. The Morgan fingerprint density at radius 1 is 0.679 bits per heavy atom. The van der Waals surface area contributed by atoms with Crippen molar-refractivity contribution in [2.24, 2.45) is 5.41 Å². The summed E-state index contributed by atoms with van der Waals surface area (Å²) >= 11 is 0. The number of carbonyl (C=O) groups is 1. The Morgan fingerprint density at radius 3 is 1.39 bits per heavy atom. The zero-order valence-corrected chi connectivity index (χ0v) is 19.9. The van der Waals surface area contributed by atoms with Crippen LogP contribution in [-0.4, -0.2) is 12.6 Å². The number of hydrogen-bond acceptors (Lipinski definition) is 2. The van der Waals surface area contributed by atoms with Crippen molar-refractivity contribution in [3.63, 3.8) is 0 Å². The first-order valence-electron chi connectivity index (χ1n) is 12.2. The second-order valence-electron chi connectivity index (χ2n) is 9.63. The molecule has 0 aromatic rings. The molecule has 0 aliphatic rings. The molecule has 0 spiro atoms. The first kappa shape index (κ1) is 27.2. The zero-order valence-electron chi connectivity index (χ0n) is 19.9. The zero-order chi connectivity index (χ0) is 21.1. The monoisotopic (exact) mass is 394 g/mol. The number of ether oxygens (including phenoxy) is 1. The highest BCUT2D eigenvalue weighted by Crippen LogP contribution is 2.18. The number of esters is 1. The van der Waals surface area contributed by atoms with Crippen molar-refractivity contribution >= 4 is 5.97 Å². The molecule has 0 radical (unpaired) electrons. The summed E-state index contributed by atoms with van der Waals surface area (Å²) in [5.74, 6) is -0.157. The molecule has 2 nitrogen and oxygen atoms in total. The Balaban J connectivity index is 3.30. The van der Waals surface area contributed by atoms with E-state index in [4.69, 9.17) is 4.74 Å². The molecule has 0 aliphatic carbocycles. The Kier molecular flexibility index (Phi) is 17.7. The summed E-state index contributed by atoms with van der Waals surface area (Å²) in [4.78, 5) is 11.9. The Labute approximate surface area is 176 Å². The average molecular weight is 395 g/mol. The summed E-state index contributed by atoms with van der Waals surface area (Å²) < 4.78 is 5.36. The van der Waals surface area contributed by atoms with Crippen molar-refractivity contribution in [3.05, 3.63) is 11.6 Å². The van der Waals surface area contributed by atoms with Crippen LogP contribution < -0.4 is 0 Å². The average Bonchev–Trinajstić information content (AvgIpc) is 2.62. The van der Waals surface area contributed by atoms with Crippen LogP contribution >= 0.6 is 0 Å². The molecule has 0 atom stereocenters. The molecule has 0 saturated heterocycles. The van der Waals surface area contributed by atoms with Gasteiger partial charge in [-0.3, -0.25) is 0 Å². The summed E-state index contributed by atoms with van der Waals surface area (Å²) in [5, 5.41) is 0. The van der Waals surface area contributed by atoms with Gasteiger partial charge in [0.1, 0.15) is 0 Å². The largest absolute Gasteiger partial charge is 0.462 e. The number of allylic oxidation sites excluding steroid dienone is 1. The van der Waals surface area contributed by atoms with Gasteiger partial charge in [0, 0.05) is 5.57 Å². The number of hydrogen-bond donors (Lipinski definition) is 0. The molecule has 0 aromatic heterocycles. The molecular weight excluding hydrogens is 344 g/mol. The topological polar surface area (TPSA) is 26.3 Å². The molecule has 0 bridgehead atoms. The Morgan fingerprint density at radius 2 is 1.04 bits per heavy atom. The van der Waals surface area contributed by atoms with Crippen LogP contribution in [0.15, 0.2) is 11.6 Å². The maximum atomic E-state index is 11.9. The minimum atomic E-state index is -0.157. The fourth-order valence-electron chi connectivity index (χ4n) is 3.64. The summed E-state index contributed by atoms with van der Waals surface area (Å²) in [6.07, 6.45) is 23.8. The molecular formula is C26H50O2. The summed E-state index contributed by atoms with van der Waals surface area (Å²) in [6.45, 7) is 11.0. The third kappa shape index (κ3) is 20.0. The fraction of sp³-hybridized carbons (Fsp3) is 0.885. The van der Waals surface area contributed by atoms with Crippen molar-refractivity contribution in [1.29, 1.82) is 0 Å². The lowest BCUT2D eigenvalue weighted by atomic mass is 9.94. The third-order valence-electron chi connectivity index (χ3n) is 5.20. The van der Waals surface area contributed by atoms with Gasteiger partial charge in [-0.05, 0) is 18.8 Å². The van der Waals surface area contributed by atoms with E-state index in [0.717, 1.165) is 12.0 Å². The highest BCUT2D eigenvalue weighted by Gasteiger charge is 2.11. The summed E-state index contributed by atoms with van der Waals surface area (Å²) in [6, 6.07) is 0. The van der Waals surface area contributed by atoms with Crippen molar-refractivity contribution in [2.45, 2.75) is 137 Å². The van der Waals surface area contributed by atoms with E-state index in [-0.39, 0.29) is 11.4 Å². The Hall–Kier alpha value is -0.790. The molecule has 0 fully saturated rings. The van der Waals surface area contributed by atoms with Gasteiger partial charge in [-0.25, -0.2) is 4.79 Å². The molecule has 0 aromatic carbocycles. The van der Waals surface area contributed by atoms with Crippen molar-refractivity contribution in [1.82, 2.24) is 0 Å². The van der Waals surface area contributed by atoms with Crippen LogP contribution in [0.5, 0.6) is 0 Å². The highest BCUT2D eigenvalue weighted by atomic mass is 16.5. The van der Waals surface area contributed by atoms with Crippen LogP contribution in [0.3, 0.4) is 0 Å². The predicted octanol–water partition coefficient (Wildman–Crippen LogP) is 8.78. The van der Waals surface area contributed by atoms with Gasteiger partial charge in [0.2, 0.25) is 0 Å². The van der Waals surface area contributed by atoms with Gasteiger partial charge in [-0.2, -0.15) is 0 Å². The molecule has 0 N–H and O–H groups in total. The van der Waals surface area contributed by atoms with E-state index < -0.39 is 0 Å². The third-order valence-corrected chi connectivity index (χ3v) is 5.20. The molecule has 28 heavy (non-hydrogen) atoms. The first-order chi connectivity index (χ1) is 13.4. The van der Waals surface area contributed by atoms with Gasteiger partial charge in [-0.1, -0.05) is 130 Å². The summed E-state index contributed by atoms with van der Waals surface area (Å²) in [5.41, 5.74) is 0.751. The molecule has 0 rings (SSSR count). The van der Waals surface area contributed by atoms with Crippen LogP contribution in [0.25, 0.3) is 0 Å². The molecule has 0 saturated carbocycles. The van der Waals surface area contributed by atoms with Gasteiger partial charge in [0.25, 0.3) is 0 Å². The number of rotatable bonds is 18. The fourth-order valence-corrected chi connectivity index (χ4v) is 3.64. The van der Waals surface area contributed by atoms with E-state index in [1.54, 1.807) is 0 Å². The maximum Gasteiger partial charge on any atom is 0.333 e. The van der Waals surface area contributed by atoms with Crippen LogP contribution in [0.4, 0.5) is 0 Å². The van der Waals surface area contributed by atoms with Crippen molar-refractivity contribution < 1.29 is 9.53 Å². The van der Waals surface area contributed by atoms with Crippen LogP contribution in [0.1, 0.15) is 137 Å². The maximum absolute atomic E-state index is 11.9.